The zero-order valence-electron chi connectivity index (χ0n) is 10.3. The van der Waals surface area contributed by atoms with Gasteiger partial charge in [0.15, 0.2) is 5.78 Å². The van der Waals surface area contributed by atoms with Gasteiger partial charge in [-0.05, 0) is 12.3 Å². The van der Waals surface area contributed by atoms with Gasteiger partial charge in [0, 0.05) is 21.3 Å². The third-order valence-corrected chi connectivity index (χ3v) is 5.28. The molecule has 1 atom stereocenters. The quantitative estimate of drug-likeness (QED) is 0.552. The first-order valence-corrected chi connectivity index (χ1v) is 6.58. The molecule has 0 aliphatic carbocycles. The minimum absolute atomic E-state index is 0.0915. The first-order chi connectivity index (χ1) is 6.82. The van der Waals surface area contributed by atoms with Crippen molar-refractivity contribution in [3.63, 3.8) is 0 Å². The first-order valence-electron chi connectivity index (χ1n) is 5.43. The maximum absolute atomic E-state index is 12.1. The minimum Gasteiger partial charge on any atom is -0.294 e. The van der Waals surface area contributed by atoms with E-state index in [0.717, 1.165) is 15.8 Å². The monoisotopic (exact) mass is 220 g/mol. The van der Waals surface area contributed by atoms with Crippen LogP contribution in [0, 0.1) is 12.3 Å². The molecule has 1 aromatic rings. The smallest absolute Gasteiger partial charge is 0.162 e. The molecular weight excluding hydrogens is 200 g/mol. The van der Waals surface area contributed by atoms with Crippen LogP contribution in [0.1, 0.15) is 36.7 Å². The lowest BCUT2D eigenvalue weighted by Gasteiger charge is -2.26. The van der Waals surface area contributed by atoms with Crippen LogP contribution >= 0.6 is 0 Å². The van der Waals surface area contributed by atoms with Gasteiger partial charge < -0.3 is 0 Å². The van der Waals surface area contributed by atoms with E-state index in [-0.39, 0.29) is 11.0 Å². The van der Waals surface area contributed by atoms with Crippen molar-refractivity contribution in [3.05, 3.63) is 35.4 Å². The molecule has 0 saturated heterocycles. The van der Waals surface area contributed by atoms with Crippen LogP contribution in [0.15, 0.2) is 24.3 Å². The summed E-state index contributed by atoms with van der Waals surface area (Å²) in [5, 5.41) is 0. The normalized spacial score (nSPS) is 13.9. The van der Waals surface area contributed by atoms with Gasteiger partial charge in [-0.1, -0.05) is 50.6 Å². The molecule has 1 unspecified atom stereocenters. The fraction of sp³-hybridized carbons (Fsp3) is 0.462. The summed E-state index contributed by atoms with van der Waals surface area (Å²) in [5.41, 5.74) is 2.34. The molecule has 2 heteroatoms. The summed E-state index contributed by atoms with van der Waals surface area (Å²) in [6, 6.07) is 7.89. The van der Waals surface area contributed by atoms with Gasteiger partial charge in [0.1, 0.15) is 0 Å². The summed E-state index contributed by atoms with van der Waals surface area (Å²) in [4.78, 5) is 12.1. The maximum atomic E-state index is 12.1. The van der Waals surface area contributed by atoms with Crippen molar-refractivity contribution in [1.82, 2.24) is 0 Å². The van der Waals surface area contributed by atoms with Crippen LogP contribution in [0.2, 0.25) is 5.54 Å². The second-order valence-corrected chi connectivity index (χ2v) is 6.47. The molecule has 1 nitrogen and oxygen atoms in total. The zero-order chi connectivity index (χ0) is 11.6. The van der Waals surface area contributed by atoms with E-state index in [9.17, 15) is 4.79 Å². The van der Waals surface area contributed by atoms with Gasteiger partial charge >= 0.3 is 0 Å². The molecule has 0 aromatic heterocycles. The molecule has 1 rings (SSSR count). The SMILES string of the molecule is Cc1ccc(C(=O)C([SiH3])C(C)(C)C)cc1. The lowest BCUT2D eigenvalue weighted by atomic mass is 9.87. The minimum atomic E-state index is 0.0915. The lowest BCUT2D eigenvalue weighted by Crippen LogP contribution is -2.23. The highest BCUT2D eigenvalue weighted by Crippen LogP contribution is 2.31. The van der Waals surface area contributed by atoms with E-state index >= 15 is 0 Å². The van der Waals surface area contributed by atoms with Crippen LogP contribution in [-0.4, -0.2) is 16.0 Å². The van der Waals surface area contributed by atoms with Gasteiger partial charge in [-0.3, -0.25) is 4.79 Å². The third kappa shape index (κ3) is 3.03. The Hall–Kier alpha value is -0.893. The Kier molecular flexibility index (Phi) is 3.50. The van der Waals surface area contributed by atoms with E-state index in [1.165, 1.54) is 5.56 Å². The van der Waals surface area contributed by atoms with Crippen LogP contribution in [-0.2, 0) is 0 Å². The molecule has 0 fully saturated rings. The maximum Gasteiger partial charge on any atom is 0.162 e. The number of ketones is 1. The van der Waals surface area contributed by atoms with E-state index in [1.54, 1.807) is 0 Å². The topological polar surface area (TPSA) is 17.1 Å². The number of Topliss-reactive ketones (excluding diaryl/α,β-unsaturated/α-hetero) is 1. The zero-order valence-corrected chi connectivity index (χ0v) is 12.3. The summed E-state index contributed by atoms with van der Waals surface area (Å²) < 4.78 is 0. The predicted octanol–water partition coefficient (Wildman–Crippen LogP) is 2.38. The van der Waals surface area contributed by atoms with Gasteiger partial charge in [0.05, 0.1) is 0 Å². The molecule has 0 saturated carbocycles. The summed E-state index contributed by atoms with van der Waals surface area (Å²) in [7, 11) is 0.915. The van der Waals surface area contributed by atoms with Crippen molar-refractivity contribution in [1.29, 1.82) is 0 Å². The van der Waals surface area contributed by atoms with Crippen molar-refractivity contribution in [2.24, 2.45) is 5.41 Å². The van der Waals surface area contributed by atoms with Crippen LogP contribution in [0.3, 0.4) is 0 Å². The number of carbonyl (C=O) groups excluding carboxylic acids is 1. The standard InChI is InChI=1S/C13H20OSi/c1-9-5-7-10(8-6-9)11(14)12(15)13(2,3)4/h5-8,12H,1-4,15H3. The average Bonchev–Trinajstić information content (AvgIpc) is 2.15. The van der Waals surface area contributed by atoms with Gasteiger partial charge in [-0.2, -0.15) is 0 Å². The summed E-state index contributed by atoms with van der Waals surface area (Å²) >= 11 is 0. The average molecular weight is 220 g/mol. The molecule has 0 amide bonds. The predicted molar refractivity (Wildman–Crippen MR) is 68.7 cm³/mol. The molecule has 0 bridgehead atoms. The number of rotatable bonds is 2. The summed E-state index contributed by atoms with van der Waals surface area (Å²) in [6.45, 7) is 8.44. The number of benzene rings is 1. The molecular formula is C13H20OSi. The number of hydrogen-bond donors (Lipinski definition) is 0. The highest BCUT2D eigenvalue weighted by Gasteiger charge is 2.27. The van der Waals surface area contributed by atoms with Crippen molar-refractivity contribution in [2.75, 3.05) is 0 Å². The number of carbonyl (C=O) groups is 1. The van der Waals surface area contributed by atoms with Crippen LogP contribution in [0.5, 0.6) is 0 Å². The fourth-order valence-electron chi connectivity index (χ4n) is 1.36. The van der Waals surface area contributed by atoms with Crippen LogP contribution < -0.4 is 0 Å². The first kappa shape index (κ1) is 12.2. The van der Waals surface area contributed by atoms with E-state index in [2.05, 4.69) is 20.8 Å². The molecule has 0 spiro atoms. The van der Waals surface area contributed by atoms with E-state index in [0.29, 0.717) is 5.78 Å². The molecule has 0 heterocycles. The number of hydrogen-bond acceptors (Lipinski definition) is 1. The fourth-order valence-corrected chi connectivity index (χ4v) is 1.69. The van der Waals surface area contributed by atoms with Crippen molar-refractivity contribution in [2.45, 2.75) is 33.2 Å². The van der Waals surface area contributed by atoms with Crippen molar-refractivity contribution < 1.29 is 4.79 Å². The van der Waals surface area contributed by atoms with Gasteiger partial charge in [-0.25, -0.2) is 0 Å². The second kappa shape index (κ2) is 4.31. The highest BCUT2D eigenvalue weighted by molar-refractivity contribution is 6.28. The Bertz CT molecular complexity index is 346. The van der Waals surface area contributed by atoms with Gasteiger partial charge in [0.25, 0.3) is 0 Å². The van der Waals surface area contributed by atoms with Crippen molar-refractivity contribution >= 4 is 16.0 Å². The summed E-state index contributed by atoms with van der Waals surface area (Å²) in [5.74, 6) is 0.300. The molecule has 0 aliphatic heterocycles. The Morgan fingerprint density at radius 2 is 1.67 bits per heavy atom. The molecule has 15 heavy (non-hydrogen) atoms. The van der Waals surface area contributed by atoms with Crippen LogP contribution in [0.25, 0.3) is 0 Å². The third-order valence-electron chi connectivity index (χ3n) is 3.03. The number of aryl methyl sites for hydroxylation is 1. The molecule has 82 valence electrons. The molecule has 0 aliphatic rings. The van der Waals surface area contributed by atoms with E-state index in [4.69, 9.17) is 0 Å². The summed E-state index contributed by atoms with van der Waals surface area (Å²) in [6.07, 6.45) is 0. The Labute approximate surface area is 95.3 Å². The van der Waals surface area contributed by atoms with Gasteiger partial charge in [0.2, 0.25) is 0 Å². The van der Waals surface area contributed by atoms with Gasteiger partial charge in [-0.15, -0.1) is 0 Å². The molecule has 1 aromatic carbocycles. The Balaban J connectivity index is 2.90. The lowest BCUT2D eigenvalue weighted by molar-refractivity contribution is 0.0941. The highest BCUT2D eigenvalue weighted by atomic mass is 28.1. The van der Waals surface area contributed by atoms with E-state index < -0.39 is 0 Å². The Morgan fingerprint density at radius 1 is 1.20 bits per heavy atom. The second-order valence-electron chi connectivity index (χ2n) is 5.32. The molecule has 0 radical (unpaired) electrons. The Morgan fingerprint density at radius 3 is 2.07 bits per heavy atom. The van der Waals surface area contributed by atoms with E-state index in [1.807, 2.05) is 31.2 Å². The van der Waals surface area contributed by atoms with Crippen molar-refractivity contribution in [3.8, 4) is 0 Å². The molecule has 0 N–H and O–H groups in total. The largest absolute Gasteiger partial charge is 0.294 e. The van der Waals surface area contributed by atoms with Crippen LogP contribution in [0.4, 0.5) is 0 Å².